The maximum absolute atomic E-state index is 12.5. The maximum Gasteiger partial charge on any atom is 0.195 e. The van der Waals surface area contributed by atoms with Gasteiger partial charge in [0, 0.05) is 23.5 Å². The average Bonchev–Trinajstić information content (AvgIpc) is 2.57. The van der Waals surface area contributed by atoms with Crippen LogP contribution in [0.25, 0.3) is 0 Å². The van der Waals surface area contributed by atoms with Crippen LogP contribution in [0, 0.1) is 5.21 Å². The van der Waals surface area contributed by atoms with Gasteiger partial charge in [-0.15, -0.1) is 0 Å². The molecule has 1 N–H and O–H groups in total. The molecule has 0 saturated heterocycles. The third-order valence-electron chi connectivity index (χ3n) is 3.38. The van der Waals surface area contributed by atoms with Gasteiger partial charge >= 0.3 is 0 Å². The molecule has 0 aliphatic heterocycles. The SMILES string of the molecule is O=C1c2cnccc2CCc2ccc(N([O-])O)cc21. The number of carbonyl (C=O) groups excluding carboxylic acids is 1. The van der Waals surface area contributed by atoms with Crippen molar-refractivity contribution in [1.82, 2.24) is 4.98 Å². The van der Waals surface area contributed by atoms with Crippen LogP contribution in [0.2, 0.25) is 0 Å². The van der Waals surface area contributed by atoms with E-state index in [4.69, 9.17) is 5.21 Å². The number of fused-ring (bicyclic) bond motifs is 2. The second-order valence-electron chi connectivity index (χ2n) is 4.48. The molecule has 0 radical (unpaired) electrons. The molecule has 5 heteroatoms. The fourth-order valence-corrected chi connectivity index (χ4v) is 2.37. The Balaban J connectivity index is 2.16. The van der Waals surface area contributed by atoms with Gasteiger partial charge in [0.1, 0.15) is 0 Å². The van der Waals surface area contributed by atoms with Gasteiger partial charge in [0.25, 0.3) is 0 Å². The highest BCUT2D eigenvalue weighted by atomic mass is 16.8. The van der Waals surface area contributed by atoms with E-state index in [1.165, 1.54) is 12.1 Å². The molecule has 0 bridgehead atoms. The summed E-state index contributed by atoms with van der Waals surface area (Å²) in [6, 6.07) is 6.48. The van der Waals surface area contributed by atoms with E-state index in [9.17, 15) is 10.0 Å². The number of hydrogen-bond donors (Lipinski definition) is 1. The lowest BCUT2D eigenvalue weighted by atomic mass is 9.99. The first-order chi connectivity index (χ1) is 9.16. The van der Waals surface area contributed by atoms with Crippen LogP contribution in [-0.2, 0) is 12.8 Å². The topological polar surface area (TPSA) is 76.5 Å². The third-order valence-corrected chi connectivity index (χ3v) is 3.38. The van der Waals surface area contributed by atoms with Crippen molar-refractivity contribution >= 4 is 11.5 Å². The van der Waals surface area contributed by atoms with Crippen molar-refractivity contribution in [3.05, 3.63) is 64.1 Å². The van der Waals surface area contributed by atoms with Crippen molar-refractivity contribution in [1.29, 1.82) is 0 Å². The number of carbonyl (C=O) groups is 1. The van der Waals surface area contributed by atoms with Crippen LogP contribution in [0.5, 0.6) is 0 Å². The molecule has 0 unspecified atom stereocenters. The van der Waals surface area contributed by atoms with Gasteiger partial charge in [-0.1, -0.05) is 6.07 Å². The first kappa shape index (κ1) is 11.8. The van der Waals surface area contributed by atoms with Gasteiger partial charge in [-0.2, -0.15) is 0 Å². The normalized spacial score (nSPS) is 13.5. The summed E-state index contributed by atoms with van der Waals surface area (Å²) in [6.07, 6.45) is 4.70. The van der Waals surface area contributed by atoms with Crippen LogP contribution in [0.4, 0.5) is 5.69 Å². The highest BCUT2D eigenvalue weighted by Gasteiger charge is 2.21. The molecule has 5 nitrogen and oxygen atoms in total. The Bertz CT molecular complexity index is 653. The molecule has 1 aliphatic carbocycles. The Kier molecular flexibility index (Phi) is 2.77. The summed E-state index contributed by atoms with van der Waals surface area (Å²) >= 11 is 0. The van der Waals surface area contributed by atoms with E-state index in [1.807, 2.05) is 6.07 Å². The summed E-state index contributed by atoms with van der Waals surface area (Å²) in [7, 11) is 0. The molecule has 2 aromatic rings. The minimum atomic E-state index is -0.234. The lowest BCUT2D eigenvalue weighted by molar-refractivity contribution is 0.103. The van der Waals surface area contributed by atoms with Gasteiger partial charge in [0.15, 0.2) is 5.78 Å². The van der Waals surface area contributed by atoms with Crippen LogP contribution < -0.4 is 5.23 Å². The summed E-state index contributed by atoms with van der Waals surface area (Å²) in [5.74, 6) is -0.153. The molecule has 1 aromatic heterocycles. The van der Waals surface area contributed by atoms with Gasteiger partial charge in [-0.05, 0) is 42.2 Å². The van der Waals surface area contributed by atoms with Crippen LogP contribution in [0.3, 0.4) is 0 Å². The zero-order chi connectivity index (χ0) is 13.4. The predicted molar refractivity (Wildman–Crippen MR) is 69.2 cm³/mol. The Morgan fingerprint density at radius 3 is 2.63 bits per heavy atom. The average molecular weight is 255 g/mol. The predicted octanol–water partition coefficient (Wildman–Crippen LogP) is 2.10. The monoisotopic (exact) mass is 255 g/mol. The molecule has 0 amide bonds. The summed E-state index contributed by atoms with van der Waals surface area (Å²) in [6.45, 7) is 0. The van der Waals surface area contributed by atoms with Gasteiger partial charge in [-0.3, -0.25) is 15.0 Å². The van der Waals surface area contributed by atoms with Gasteiger partial charge in [-0.25, -0.2) is 0 Å². The standard InChI is InChI=1S/C14H11N2O3/c17-14-12-7-11(16(18)19)4-3-9(12)1-2-10-5-6-15-8-13(10)14/h3-8,18H,1-2H2/q-1. The number of hydrogen-bond acceptors (Lipinski definition) is 5. The van der Waals surface area contributed by atoms with E-state index in [-0.39, 0.29) is 16.7 Å². The van der Waals surface area contributed by atoms with Crippen molar-refractivity contribution in [2.24, 2.45) is 0 Å². The highest BCUT2D eigenvalue weighted by molar-refractivity contribution is 6.11. The smallest absolute Gasteiger partial charge is 0.195 e. The van der Waals surface area contributed by atoms with E-state index < -0.39 is 0 Å². The maximum atomic E-state index is 12.5. The minimum absolute atomic E-state index is 0.0550. The van der Waals surface area contributed by atoms with Gasteiger partial charge in [0.05, 0.1) is 5.69 Å². The number of aromatic nitrogens is 1. The number of anilines is 1. The molecule has 1 heterocycles. The van der Waals surface area contributed by atoms with Crippen LogP contribution in [0.15, 0.2) is 36.7 Å². The number of rotatable bonds is 1. The molecule has 0 saturated carbocycles. The fraction of sp³-hybridized carbons (Fsp3) is 0.143. The first-order valence-electron chi connectivity index (χ1n) is 5.93. The third kappa shape index (κ3) is 1.99. The molecule has 0 atom stereocenters. The van der Waals surface area contributed by atoms with Crippen molar-refractivity contribution < 1.29 is 10.0 Å². The van der Waals surface area contributed by atoms with Gasteiger partial charge < -0.3 is 10.4 Å². The second-order valence-corrected chi connectivity index (χ2v) is 4.48. The van der Waals surface area contributed by atoms with Crippen molar-refractivity contribution in [3.63, 3.8) is 0 Å². The number of pyridine rings is 1. The van der Waals surface area contributed by atoms with E-state index in [0.29, 0.717) is 11.1 Å². The zero-order valence-corrected chi connectivity index (χ0v) is 10.0. The quantitative estimate of drug-likeness (QED) is 0.790. The molecule has 0 fully saturated rings. The molecular weight excluding hydrogens is 244 g/mol. The minimum Gasteiger partial charge on any atom is -0.733 e. The second kappa shape index (κ2) is 4.46. The van der Waals surface area contributed by atoms with Crippen molar-refractivity contribution in [2.45, 2.75) is 12.8 Å². The highest BCUT2D eigenvalue weighted by Crippen LogP contribution is 2.27. The summed E-state index contributed by atoms with van der Waals surface area (Å²) in [5, 5.41) is 19.6. The van der Waals surface area contributed by atoms with Crippen molar-refractivity contribution in [3.8, 4) is 0 Å². The number of ketones is 1. The Morgan fingerprint density at radius 2 is 1.89 bits per heavy atom. The lowest BCUT2D eigenvalue weighted by Crippen LogP contribution is -2.10. The van der Waals surface area contributed by atoms with Crippen LogP contribution in [-0.4, -0.2) is 16.0 Å². The molecular formula is C14H11N2O3-. The molecule has 1 aliphatic rings. The summed E-state index contributed by atoms with van der Waals surface area (Å²) in [5.41, 5.74) is 2.92. The van der Waals surface area contributed by atoms with Crippen LogP contribution in [0.1, 0.15) is 27.0 Å². The molecule has 96 valence electrons. The van der Waals surface area contributed by atoms with E-state index >= 15 is 0 Å². The zero-order valence-electron chi connectivity index (χ0n) is 10.0. The van der Waals surface area contributed by atoms with Gasteiger partial charge in [0.2, 0.25) is 0 Å². The van der Waals surface area contributed by atoms with E-state index in [2.05, 4.69) is 4.98 Å². The number of nitrogens with zero attached hydrogens (tertiary/aromatic N) is 2. The molecule has 1 aromatic carbocycles. The Morgan fingerprint density at radius 1 is 1.16 bits per heavy atom. The van der Waals surface area contributed by atoms with E-state index in [0.717, 1.165) is 24.0 Å². The van der Waals surface area contributed by atoms with Crippen molar-refractivity contribution in [2.75, 3.05) is 5.23 Å². The summed E-state index contributed by atoms with van der Waals surface area (Å²) in [4.78, 5) is 16.4. The first-order valence-corrected chi connectivity index (χ1v) is 5.93. The lowest BCUT2D eigenvalue weighted by Gasteiger charge is -2.22. The summed E-state index contributed by atoms with van der Waals surface area (Å²) < 4.78 is 0. The van der Waals surface area contributed by atoms with E-state index in [1.54, 1.807) is 18.5 Å². The van der Waals surface area contributed by atoms with Crippen LogP contribution >= 0.6 is 0 Å². The number of benzene rings is 1. The molecule has 0 spiro atoms. The molecule has 19 heavy (non-hydrogen) atoms. The Hall–Kier alpha value is -2.24. The number of aryl methyl sites for hydroxylation is 2. The Labute approximate surface area is 109 Å². The fourth-order valence-electron chi connectivity index (χ4n) is 2.37. The molecule has 3 rings (SSSR count). The largest absolute Gasteiger partial charge is 0.733 e.